The Kier molecular flexibility index (Phi) is 5.32. The number of hydrogen-bond donors (Lipinski definition) is 2. The lowest BCUT2D eigenvalue weighted by Gasteiger charge is -2.06. The monoisotopic (exact) mass is 331 g/mol. The molecule has 0 aromatic heterocycles. The number of amides is 3. The van der Waals surface area contributed by atoms with Gasteiger partial charge < -0.3 is 0 Å². The Morgan fingerprint density at radius 2 is 1.83 bits per heavy atom. The number of carbonyl (C=O) groups excluding carboxylic acids is 2. The highest BCUT2D eigenvalue weighted by Gasteiger charge is 2.11. The van der Waals surface area contributed by atoms with Gasteiger partial charge in [0.05, 0.1) is 4.92 Å². The summed E-state index contributed by atoms with van der Waals surface area (Å²) >= 11 is 0.881. The van der Waals surface area contributed by atoms with Crippen LogP contribution in [0.3, 0.4) is 0 Å². The third-order valence-corrected chi connectivity index (χ3v) is 3.61. The number of nitrogens with one attached hydrogen (secondary N) is 2. The van der Waals surface area contributed by atoms with Crippen LogP contribution in [0.1, 0.15) is 15.9 Å². The summed E-state index contributed by atoms with van der Waals surface area (Å²) in [6, 6.07) is 11.9. The highest BCUT2D eigenvalue weighted by molar-refractivity contribution is 7.98. The molecule has 0 saturated carbocycles. The van der Waals surface area contributed by atoms with Crippen molar-refractivity contribution < 1.29 is 14.5 Å². The summed E-state index contributed by atoms with van der Waals surface area (Å²) < 4.78 is 2.40. The number of nitro groups is 1. The first-order valence-corrected chi connectivity index (χ1v) is 7.36. The van der Waals surface area contributed by atoms with Gasteiger partial charge >= 0.3 is 6.03 Å². The Balaban J connectivity index is 1.90. The summed E-state index contributed by atoms with van der Waals surface area (Å²) in [5.41, 5.74) is 1.30. The molecular formula is C15H13N3O4S. The number of imide groups is 1. The molecule has 0 atom stereocenters. The Bertz CT molecular complexity index is 747. The van der Waals surface area contributed by atoms with Gasteiger partial charge in [-0.05, 0) is 37.1 Å². The van der Waals surface area contributed by atoms with Crippen LogP contribution in [0.2, 0.25) is 0 Å². The van der Waals surface area contributed by atoms with E-state index in [1.54, 1.807) is 30.3 Å². The SMILES string of the molecule is Cc1ccc(C(=O)NC(=O)NSc2cccc([N+](=O)[O-])c2)cc1. The summed E-state index contributed by atoms with van der Waals surface area (Å²) in [7, 11) is 0. The molecular weight excluding hydrogens is 318 g/mol. The third kappa shape index (κ3) is 4.82. The van der Waals surface area contributed by atoms with Crippen LogP contribution < -0.4 is 10.0 Å². The van der Waals surface area contributed by atoms with Crippen LogP contribution in [-0.2, 0) is 0 Å². The van der Waals surface area contributed by atoms with Gasteiger partial charge in [0.2, 0.25) is 0 Å². The van der Waals surface area contributed by atoms with Gasteiger partial charge in [0.1, 0.15) is 0 Å². The maximum absolute atomic E-state index is 11.9. The smallest absolute Gasteiger partial charge is 0.277 e. The number of carbonyl (C=O) groups is 2. The van der Waals surface area contributed by atoms with E-state index in [9.17, 15) is 19.7 Å². The molecule has 0 unspecified atom stereocenters. The standard InChI is InChI=1S/C15H13N3O4S/c1-10-5-7-11(8-6-10)14(19)16-15(20)17-23-13-4-2-3-12(9-13)18(21)22/h2-9H,1H3,(H2,16,17,19,20). The summed E-state index contributed by atoms with van der Waals surface area (Å²) in [5.74, 6) is -0.526. The van der Waals surface area contributed by atoms with Crippen molar-refractivity contribution in [2.75, 3.05) is 0 Å². The predicted molar refractivity (Wildman–Crippen MR) is 86.1 cm³/mol. The van der Waals surface area contributed by atoms with E-state index in [2.05, 4.69) is 10.0 Å². The lowest BCUT2D eigenvalue weighted by molar-refractivity contribution is -0.385. The molecule has 2 N–H and O–H groups in total. The summed E-state index contributed by atoms with van der Waals surface area (Å²) in [6.45, 7) is 1.89. The van der Waals surface area contributed by atoms with Crippen LogP contribution in [0.4, 0.5) is 10.5 Å². The Labute approximate surface area is 136 Å². The molecule has 0 saturated heterocycles. The second-order valence-corrected chi connectivity index (χ2v) is 5.49. The first kappa shape index (κ1) is 16.5. The zero-order chi connectivity index (χ0) is 16.8. The third-order valence-electron chi connectivity index (χ3n) is 2.83. The van der Waals surface area contributed by atoms with E-state index in [1.807, 2.05) is 6.92 Å². The van der Waals surface area contributed by atoms with E-state index in [0.717, 1.165) is 17.5 Å². The molecule has 3 amide bonds. The molecule has 2 aromatic carbocycles. The van der Waals surface area contributed by atoms with Crippen LogP contribution in [0.15, 0.2) is 53.4 Å². The van der Waals surface area contributed by atoms with Crippen molar-refractivity contribution in [3.05, 3.63) is 69.8 Å². The van der Waals surface area contributed by atoms with Crippen molar-refractivity contribution in [1.82, 2.24) is 10.0 Å². The minimum absolute atomic E-state index is 0.0760. The molecule has 0 fully saturated rings. The first-order chi connectivity index (χ1) is 11.0. The molecule has 8 heteroatoms. The highest BCUT2D eigenvalue weighted by Crippen LogP contribution is 2.20. The van der Waals surface area contributed by atoms with Gasteiger partial charge in [-0.1, -0.05) is 23.8 Å². The number of hydrogen-bond acceptors (Lipinski definition) is 5. The molecule has 0 spiro atoms. The molecule has 0 radical (unpaired) electrons. The molecule has 0 aliphatic carbocycles. The van der Waals surface area contributed by atoms with Gasteiger partial charge in [0.25, 0.3) is 11.6 Å². The molecule has 0 heterocycles. The summed E-state index contributed by atoms with van der Waals surface area (Å²) in [5, 5.41) is 12.8. The van der Waals surface area contributed by atoms with Gasteiger partial charge in [0.15, 0.2) is 0 Å². The molecule has 118 valence electrons. The largest absolute Gasteiger partial charge is 0.331 e. The van der Waals surface area contributed by atoms with E-state index in [1.165, 1.54) is 18.2 Å². The van der Waals surface area contributed by atoms with Crippen LogP contribution in [-0.4, -0.2) is 16.9 Å². The maximum atomic E-state index is 11.9. The second-order valence-electron chi connectivity index (χ2n) is 4.61. The zero-order valence-electron chi connectivity index (χ0n) is 12.1. The van der Waals surface area contributed by atoms with E-state index in [4.69, 9.17) is 0 Å². The van der Waals surface area contributed by atoms with Gasteiger partial charge in [-0.25, -0.2) is 4.79 Å². The zero-order valence-corrected chi connectivity index (χ0v) is 12.9. The van der Waals surface area contributed by atoms with E-state index in [-0.39, 0.29) is 5.69 Å². The summed E-state index contributed by atoms with van der Waals surface area (Å²) in [6.07, 6.45) is 0. The maximum Gasteiger partial charge on any atom is 0.331 e. The highest BCUT2D eigenvalue weighted by atomic mass is 32.2. The Hall–Kier alpha value is -2.87. The molecule has 0 aliphatic heterocycles. The Morgan fingerprint density at radius 3 is 2.48 bits per heavy atom. The van der Waals surface area contributed by atoms with Crippen molar-refractivity contribution in [2.45, 2.75) is 11.8 Å². The fourth-order valence-electron chi connectivity index (χ4n) is 1.67. The lowest BCUT2D eigenvalue weighted by Crippen LogP contribution is -2.36. The number of urea groups is 1. The van der Waals surface area contributed by atoms with Crippen LogP contribution in [0, 0.1) is 17.0 Å². The minimum Gasteiger partial charge on any atom is -0.277 e. The van der Waals surface area contributed by atoms with E-state index >= 15 is 0 Å². The molecule has 2 aromatic rings. The van der Waals surface area contributed by atoms with E-state index < -0.39 is 16.9 Å². The normalized spacial score (nSPS) is 9.96. The number of benzene rings is 2. The van der Waals surface area contributed by atoms with Crippen LogP contribution in [0.5, 0.6) is 0 Å². The number of nitro benzene ring substituents is 1. The summed E-state index contributed by atoms with van der Waals surface area (Å²) in [4.78, 5) is 34.2. The second kappa shape index (κ2) is 7.41. The topological polar surface area (TPSA) is 101 Å². The van der Waals surface area contributed by atoms with Crippen LogP contribution in [0.25, 0.3) is 0 Å². The molecule has 2 rings (SSSR count). The minimum atomic E-state index is -0.702. The molecule has 0 aliphatic rings. The average molecular weight is 331 g/mol. The van der Waals surface area contributed by atoms with Crippen molar-refractivity contribution in [1.29, 1.82) is 0 Å². The molecule has 23 heavy (non-hydrogen) atoms. The van der Waals surface area contributed by atoms with Crippen molar-refractivity contribution in [3.63, 3.8) is 0 Å². The fourth-order valence-corrected chi connectivity index (χ4v) is 2.26. The van der Waals surface area contributed by atoms with E-state index in [0.29, 0.717) is 10.5 Å². The van der Waals surface area contributed by atoms with Crippen molar-refractivity contribution >= 4 is 29.6 Å². The quantitative estimate of drug-likeness (QED) is 0.509. The number of non-ortho nitro benzene ring substituents is 1. The molecule has 0 bridgehead atoms. The van der Waals surface area contributed by atoms with Crippen LogP contribution >= 0.6 is 11.9 Å². The van der Waals surface area contributed by atoms with Crippen molar-refractivity contribution in [2.24, 2.45) is 0 Å². The van der Waals surface area contributed by atoms with Gasteiger partial charge in [-0.15, -0.1) is 0 Å². The van der Waals surface area contributed by atoms with Gasteiger partial charge in [0, 0.05) is 22.6 Å². The lowest BCUT2D eigenvalue weighted by atomic mass is 10.1. The van der Waals surface area contributed by atoms with Gasteiger partial charge in [-0.3, -0.25) is 24.9 Å². The molecule has 7 nitrogen and oxygen atoms in total. The van der Waals surface area contributed by atoms with Gasteiger partial charge in [-0.2, -0.15) is 0 Å². The number of aryl methyl sites for hydroxylation is 1. The number of rotatable bonds is 4. The fraction of sp³-hybridized carbons (Fsp3) is 0.0667. The average Bonchev–Trinajstić information content (AvgIpc) is 2.53. The Morgan fingerprint density at radius 1 is 1.13 bits per heavy atom. The number of nitrogens with zero attached hydrogens (tertiary/aromatic N) is 1. The first-order valence-electron chi connectivity index (χ1n) is 6.55. The van der Waals surface area contributed by atoms with Crippen molar-refractivity contribution in [3.8, 4) is 0 Å². The predicted octanol–water partition coefficient (Wildman–Crippen LogP) is 3.05.